The maximum atomic E-state index is 11.7. The molecule has 0 aromatic heterocycles. The lowest BCUT2D eigenvalue weighted by Gasteiger charge is -2.23. The van der Waals surface area contributed by atoms with Crippen LogP contribution in [-0.4, -0.2) is 38.8 Å². The Morgan fingerprint density at radius 1 is 1.33 bits per heavy atom. The van der Waals surface area contributed by atoms with Gasteiger partial charge in [0.2, 0.25) is 5.91 Å². The number of nitrogens with one attached hydrogen (secondary N) is 2. The number of amides is 1. The monoisotopic (exact) mass is 292 g/mol. The molecule has 1 aliphatic heterocycles. The van der Waals surface area contributed by atoms with E-state index in [1.807, 2.05) is 24.3 Å². The van der Waals surface area contributed by atoms with Gasteiger partial charge in [0.05, 0.1) is 7.11 Å². The van der Waals surface area contributed by atoms with Crippen LogP contribution in [0.2, 0.25) is 0 Å². The summed E-state index contributed by atoms with van der Waals surface area (Å²) in [7, 11) is 1.61. The molecule has 116 valence electrons. The molecule has 5 nitrogen and oxygen atoms in total. The average molecular weight is 292 g/mol. The summed E-state index contributed by atoms with van der Waals surface area (Å²) in [6, 6.07) is 7.78. The van der Waals surface area contributed by atoms with Gasteiger partial charge in [0.15, 0.2) is 0 Å². The highest BCUT2D eigenvalue weighted by Crippen LogP contribution is 2.15. The van der Waals surface area contributed by atoms with Crippen LogP contribution in [0.3, 0.4) is 0 Å². The Labute approximate surface area is 126 Å². The summed E-state index contributed by atoms with van der Waals surface area (Å²) < 4.78 is 10.5. The Morgan fingerprint density at radius 3 is 2.81 bits per heavy atom. The molecule has 1 atom stereocenters. The number of rotatable bonds is 7. The van der Waals surface area contributed by atoms with E-state index in [1.54, 1.807) is 7.11 Å². The third kappa shape index (κ3) is 5.73. The maximum Gasteiger partial charge on any atom is 0.250 e. The molecule has 0 saturated carbocycles. The number of hydrogen-bond donors (Lipinski definition) is 2. The minimum absolute atomic E-state index is 0.0960. The second-order valence-electron chi connectivity index (χ2n) is 5.26. The third-order valence-corrected chi connectivity index (χ3v) is 3.63. The van der Waals surface area contributed by atoms with Gasteiger partial charge in [0.25, 0.3) is 0 Å². The number of carbonyl (C=O) groups excluding carboxylic acids is 1. The lowest BCUT2D eigenvalue weighted by atomic mass is 10.0. The third-order valence-electron chi connectivity index (χ3n) is 3.63. The van der Waals surface area contributed by atoms with Crippen LogP contribution in [-0.2, 0) is 9.53 Å². The molecule has 2 N–H and O–H groups in total. The predicted molar refractivity (Wildman–Crippen MR) is 82.7 cm³/mol. The number of carbonyl (C=O) groups is 1. The van der Waals surface area contributed by atoms with Crippen LogP contribution < -0.4 is 15.4 Å². The van der Waals surface area contributed by atoms with Crippen molar-refractivity contribution in [2.45, 2.75) is 31.7 Å². The summed E-state index contributed by atoms with van der Waals surface area (Å²) >= 11 is 0. The Morgan fingerprint density at radius 2 is 2.14 bits per heavy atom. The number of piperidine rings is 1. The average Bonchev–Trinajstić information content (AvgIpc) is 2.53. The first-order chi connectivity index (χ1) is 10.3. The zero-order chi connectivity index (χ0) is 14.9. The largest absolute Gasteiger partial charge is 0.497 e. The lowest BCUT2D eigenvalue weighted by Crippen LogP contribution is -2.35. The predicted octanol–water partition coefficient (Wildman–Crippen LogP) is 2.18. The van der Waals surface area contributed by atoms with E-state index in [2.05, 4.69) is 10.6 Å². The molecule has 2 rings (SSSR count). The summed E-state index contributed by atoms with van der Waals surface area (Å²) in [6.07, 6.45) is 4.73. The fourth-order valence-electron chi connectivity index (χ4n) is 2.43. The van der Waals surface area contributed by atoms with Gasteiger partial charge >= 0.3 is 0 Å². The molecule has 0 radical (unpaired) electrons. The molecule has 1 saturated heterocycles. The summed E-state index contributed by atoms with van der Waals surface area (Å²) in [5, 5.41) is 6.26. The lowest BCUT2D eigenvalue weighted by molar-refractivity contribution is -0.120. The molecule has 1 fully saturated rings. The molecular weight excluding hydrogens is 268 g/mol. The normalized spacial score (nSPS) is 18.2. The number of benzene rings is 1. The molecule has 1 amide bonds. The van der Waals surface area contributed by atoms with Crippen molar-refractivity contribution in [2.75, 3.05) is 32.2 Å². The standard InChI is InChI=1S/C16H24N2O3/c1-20-15-7-5-14(6-8-15)18-16(19)12-21-11-9-13-4-2-3-10-17-13/h5-8,13,17H,2-4,9-12H2,1H3,(H,18,19). The van der Waals surface area contributed by atoms with Gasteiger partial charge in [-0.1, -0.05) is 6.42 Å². The van der Waals surface area contributed by atoms with Gasteiger partial charge < -0.3 is 20.1 Å². The van der Waals surface area contributed by atoms with E-state index >= 15 is 0 Å². The van der Waals surface area contributed by atoms with E-state index in [1.165, 1.54) is 19.3 Å². The van der Waals surface area contributed by atoms with Crippen LogP contribution in [0.1, 0.15) is 25.7 Å². The Balaban J connectivity index is 1.60. The Kier molecular flexibility index (Phi) is 6.50. The Hall–Kier alpha value is -1.59. The summed E-state index contributed by atoms with van der Waals surface area (Å²) in [4.78, 5) is 11.7. The molecule has 1 heterocycles. The van der Waals surface area contributed by atoms with Crippen molar-refractivity contribution >= 4 is 11.6 Å². The molecule has 0 spiro atoms. The van der Waals surface area contributed by atoms with Gasteiger partial charge in [0, 0.05) is 18.3 Å². The van der Waals surface area contributed by atoms with Gasteiger partial charge in [-0.3, -0.25) is 4.79 Å². The van der Waals surface area contributed by atoms with Crippen molar-refractivity contribution in [1.29, 1.82) is 0 Å². The second kappa shape index (κ2) is 8.64. The van der Waals surface area contributed by atoms with E-state index in [0.717, 1.165) is 24.4 Å². The van der Waals surface area contributed by atoms with Crippen LogP contribution in [0.15, 0.2) is 24.3 Å². The first-order valence-corrected chi connectivity index (χ1v) is 7.53. The smallest absolute Gasteiger partial charge is 0.250 e. The van der Waals surface area contributed by atoms with E-state index in [-0.39, 0.29) is 12.5 Å². The SMILES string of the molecule is COc1ccc(NC(=O)COCCC2CCCCN2)cc1. The topological polar surface area (TPSA) is 59.6 Å². The van der Waals surface area contributed by atoms with Gasteiger partial charge in [0.1, 0.15) is 12.4 Å². The summed E-state index contributed by atoms with van der Waals surface area (Å²) in [5.41, 5.74) is 0.748. The van der Waals surface area contributed by atoms with Crippen LogP contribution in [0.25, 0.3) is 0 Å². The molecule has 5 heteroatoms. The van der Waals surface area contributed by atoms with E-state index < -0.39 is 0 Å². The minimum Gasteiger partial charge on any atom is -0.497 e. The number of methoxy groups -OCH3 is 1. The molecule has 0 aliphatic carbocycles. The van der Waals surface area contributed by atoms with Gasteiger partial charge in [-0.05, 0) is 50.1 Å². The highest BCUT2D eigenvalue weighted by molar-refractivity contribution is 5.91. The van der Waals surface area contributed by atoms with Gasteiger partial charge in [-0.2, -0.15) is 0 Å². The van der Waals surface area contributed by atoms with Crippen LogP contribution in [0.5, 0.6) is 5.75 Å². The zero-order valence-corrected chi connectivity index (χ0v) is 12.6. The van der Waals surface area contributed by atoms with Crippen molar-refractivity contribution < 1.29 is 14.3 Å². The Bertz CT molecular complexity index is 428. The molecule has 1 aliphatic rings. The highest BCUT2D eigenvalue weighted by Gasteiger charge is 2.12. The molecule has 0 bridgehead atoms. The fourth-order valence-corrected chi connectivity index (χ4v) is 2.43. The molecule has 1 aromatic carbocycles. The van der Waals surface area contributed by atoms with Crippen molar-refractivity contribution in [1.82, 2.24) is 5.32 Å². The van der Waals surface area contributed by atoms with Crippen molar-refractivity contribution in [3.63, 3.8) is 0 Å². The second-order valence-corrected chi connectivity index (χ2v) is 5.26. The molecular formula is C16H24N2O3. The maximum absolute atomic E-state index is 11.7. The van der Waals surface area contributed by atoms with Crippen molar-refractivity contribution in [2.24, 2.45) is 0 Å². The summed E-state index contributed by atoms with van der Waals surface area (Å²) in [5.74, 6) is 0.640. The molecule has 1 aromatic rings. The molecule has 1 unspecified atom stereocenters. The highest BCUT2D eigenvalue weighted by atomic mass is 16.5. The fraction of sp³-hybridized carbons (Fsp3) is 0.562. The number of hydrogen-bond acceptors (Lipinski definition) is 4. The van der Waals surface area contributed by atoms with Crippen molar-refractivity contribution in [3.8, 4) is 5.75 Å². The van der Waals surface area contributed by atoms with Gasteiger partial charge in [-0.15, -0.1) is 0 Å². The first kappa shape index (κ1) is 15.8. The van der Waals surface area contributed by atoms with E-state index in [0.29, 0.717) is 12.6 Å². The summed E-state index contributed by atoms with van der Waals surface area (Å²) in [6.45, 7) is 1.81. The van der Waals surface area contributed by atoms with E-state index in [9.17, 15) is 4.79 Å². The van der Waals surface area contributed by atoms with Crippen molar-refractivity contribution in [3.05, 3.63) is 24.3 Å². The minimum atomic E-state index is -0.128. The number of ether oxygens (including phenoxy) is 2. The van der Waals surface area contributed by atoms with Crippen LogP contribution in [0.4, 0.5) is 5.69 Å². The van der Waals surface area contributed by atoms with E-state index in [4.69, 9.17) is 9.47 Å². The molecule has 21 heavy (non-hydrogen) atoms. The zero-order valence-electron chi connectivity index (χ0n) is 12.6. The van der Waals surface area contributed by atoms with Crippen LogP contribution in [0, 0.1) is 0 Å². The number of anilines is 1. The quantitative estimate of drug-likeness (QED) is 0.756. The first-order valence-electron chi connectivity index (χ1n) is 7.53. The van der Waals surface area contributed by atoms with Gasteiger partial charge in [-0.25, -0.2) is 0 Å². The van der Waals surface area contributed by atoms with Crippen LogP contribution >= 0.6 is 0 Å².